The van der Waals surface area contributed by atoms with Crippen LogP contribution < -0.4 is 21.2 Å². The molecule has 4 rings (SSSR count). The monoisotopic (exact) mass is 476 g/mol. The largest absolute Gasteiger partial charge is 0.152 e. The lowest BCUT2D eigenvalue weighted by Gasteiger charge is -2.06. The molecule has 0 aliphatic heterocycles. The van der Waals surface area contributed by atoms with E-state index in [2.05, 4.69) is 74.0 Å². The highest BCUT2D eigenvalue weighted by molar-refractivity contribution is 7.96. The summed E-state index contributed by atoms with van der Waals surface area (Å²) >= 11 is 13.3. The van der Waals surface area contributed by atoms with Crippen molar-refractivity contribution in [2.75, 3.05) is 6.66 Å². The first-order chi connectivity index (χ1) is 11.8. The van der Waals surface area contributed by atoms with Gasteiger partial charge in [0.05, 0.1) is 7.27 Å². The fourth-order valence-electron chi connectivity index (χ4n) is 1.93. The molecule has 0 saturated heterocycles. The van der Waals surface area contributed by atoms with E-state index in [1.807, 2.05) is 0 Å². The third-order valence-corrected chi connectivity index (χ3v) is 11.4. The SMILES string of the molecule is C.C.CP(c1ccsc1)c1ccsc1.ClP(c1ccsc1)c1ccsc1. The van der Waals surface area contributed by atoms with Gasteiger partial charge in [0.25, 0.3) is 0 Å². The Hall–Kier alpha value is -0.0500. The predicted octanol–water partition coefficient (Wildman–Crippen LogP) is 7.54. The second-order valence-electron chi connectivity index (χ2n) is 4.77. The molecule has 140 valence electrons. The Bertz CT molecular complexity index is 655. The minimum absolute atomic E-state index is 0. The molecule has 0 amide bonds. The molecule has 0 saturated carbocycles. The molecule has 0 aliphatic carbocycles. The minimum Gasteiger partial charge on any atom is -0.152 e. The summed E-state index contributed by atoms with van der Waals surface area (Å²) in [6, 6.07) is 8.66. The highest BCUT2D eigenvalue weighted by atomic mass is 35.7. The fourth-order valence-corrected chi connectivity index (χ4v) is 9.82. The quantitative estimate of drug-likeness (QED) is 0.267. The van der Waals surface area contributed by atoms with Gasteiger partial charge >= 0.3 is 0 Å². The van der Waals surface area contributed by atoms with Gasteiger partial charge in [0.15, 0.2) is 0 Å². The smallest absolute Gasteiger partial charge is 0.0541 e. The van der Waals surface area contributed by atoms with Crippen LogP contribution >= 0.6 is 71.8 Å². The molecule has 0 spiro atoms. The van der Waals surface area contributed by atoms with Crippen LogP contribution in [-0.2, 0) is 0 Å². The second-order valence-corrected chi connectivity index (χ2v) is 12.6. The number of hydrogen-bond donors (Lipinski definition) is 0. The van der Waals surface area contributed by atoms with E-state index in [0.29, 0.717) is 0 Å². The number of rotatable bonds is 4. The van der Waals surface area contributed by atoms with E-state index < -0.39 is 7.27 Å². The van der Waals surface area contributed by atoms with Crippen LogP contribution in [-0.4, -0.2) is 6.66 Å². The first-order valence-corrected chi connectivity index (χ1v) is 14.8. The maximum absolute atomic E-state index is 6.29. The average molecular weight is 477 g/mol. The summed E-state index contributed by atoms with van der Waals surface area (Å²) in [7, 11) is -0.680. The molecular formula is C19H23ClP2S4. The van der Waals surface area contributed by atoms with Crippen LogP contribution in [0.5, 0.6) is 0 Å². The summed E-state index contributed by atoms with van der Waals surface area (Å²) in [5.41, 5.74) is 0. The number of halogens is 1. The molecule has 0 atom stereocenters. The normalized spacial score (nSPS) is 10.0. The molecule has 0 bridgehead atoms. The topological polar surface area (TPSA) is 0 Å². The highest BCUT2D eigenvalue weighted by Crippen LogP contribution is 2.39. The van der Waals surface area contributed by atoms with E-state index in [1.54, 1.807) is 45.3 Å². The summed E-state index contributed by atoms with van der Waals surface area (Å²) in [6.07, 6.45) is 0. The molecule has 0 radical (unpaired) electrons. The Morgan fingerprint density at radius 3 is 1.19 bits per heavy atom. The zero-order chi connectivity index (χ0) is 16.8. The van der Waals surface area contributed by atoms with E-state index >= 15 is 0 Å². The van der Waals surface area contributed by atoms with Crippen LogP contribution in [0.4, 0.5) is 0 Å². The van der Waals surface area contributed by atoms with Crippen LogP contribution in [0.1, 0.15) is 14.9 Å². The van der Waals surface area contributed by atoms with Crippen molar-refractivity contribution in [2.45, 2.75) is 14.9 Å². The Morgan fingerprint density at radius 1 is 0.615 bits per heavy atom. The Balaban J connectivity index is 0.000000241. The van der Waals surface area contributed by atoms with Crippen LogP contribution in [0.25, 0.3) is 0 Å². The van der Waals surface area contributed by atoms with Gasteiger partial charge in [0, 0.05) is 10.6 Å². The Morgan fingerprint density at radius 2 is 0.923 bits per heavy atom. The summed E-state index contributed by atoms with van der Waals surface area (Å²) < 4.78 is 0. The van der Waals surface area contributed by atoms with E-state index in [1.165, 1.54) is 21.2 Å². The molecule has 0 fully saturated rings. The minimum atomic E-state index is -0.604. The van der Waals surface area contributed by atoms with E-state index in [9.17, 15) is 0 Å². The van der Waals surface area contributed by atoms with Crippen LogP contribution in [0.3, 0.4) is 0 Å². The van der Waals surface area contributed by atoms with Crippen molar-refractivity contribution in [1.82, 2.24) is 0 Å². The molecule has 7 heteroatoms. The maximum atomic E-state index is 6.29. The third-order valence-electron chi connectivity index (χ3n) is 3.25. The lowest BCUT2D eigenvalue weighted by molar-refractivity contribution is 2.07. The molecule has 4 heterocycles. The summed E-state index contributed by atoms with van der Waals surface area (Å²) in [4.78, 5) is 0. The number of hydrogen-bond acceptors (Lipinski definition) is 4. The average Bonchev–Trinajstić information content (AvgIpc) is 3.43. The van der Waals surface area contributed by atoms with Crippen molar-refractivity contribution in [2.24, 2.45) is 0 Å². The van der Waals surface area contributed by atoms with Crippen LogP contribution in [0, 0.1) is 0 Å². The molecule has 0 aromatic carbocycles. The second kappa shape index (κ2) is 12.4. The van der Waals surface area contributed by atoms with E-state index in [4.69, 9.17) is 11.2 Å². The van der Waals surface area contributed by atoms with Crippen molar-refractivity contribution in [3.63, 3.8) is 0 Å². The van der Waals surface area contributed by atoms with Gasteiger partial charge in [-0.1, -0.05) is 26.1 Å². The van der Waals surface area contributed by atoms with Gasteiger partial charge in [-0.25, -0.2) is 0 Å². The van der Waals surface area contributed by atoms with Gasteiger partial charge in [-0.3, -0.25) is 0 Å². The summed E-state index contributed by atoms with van der Waals surface area (Å²) in [5.74, 6) is 0. The van der Waals surface area contributed by atoms with Gasteiger partial charge in [0.2, 0.25) is 0 Å². The van der Waals surface area contributed by atoms with Gasteiger partial charge in [-0.2, -0.15) is 45.3 Å². The summed E-state index contributed by atoms with van der Waals surface area (Å²) in [6.45, 7) is 2.32. The molecular weight excluding hydrogens is 454 g/mol. The van der Waals surface area contributed by atoms with Crippen LogP contribution in [0.2, 0.25) is 0 Å². The molecule has 0 unspecified atom stereocenters. The third kappa shape index (κ3) is 6.53. The van der Waals surface area contributed by atoms with Crippen LogP contribution in [0.15, 0.2) is 67.3 Å². The number of thiophene rings is 4. The zero-order valence-corrected chi connectivity index (χ0v) is 18.6. The Labute approximate surface area is 180 Å². The molecule has 4 aromatic heterocycles. The van der Waals surface area contributed by atoms with Crippen molar-refractivity contribution < 1.29 is 0 Å². The lowest BCUT2D eigenvalue weighted by atomic mass is 10.7. The van der Waals surface area contributed by atoms with Crippen molar-refractivity contribution in [1.29, 1.82) is 0 Å². The van der Waals surface area contributed by atoms with Crippen molar-refractivity contribution >= 4 is 93.0 Å². The molecule has 4 aromatic rings. The molecule has 0 aliphatic rings. The zero-order valence-electron chi connectivity index (χ0n) is 12.8. The molecule has 0 nitrogen and oxygen atoms in total. The maximum Gasteiger partial charge on any atom is 0.0541 e. The highest BCUT2D eigenvalue weighted by Gasteiger charge is 2.10. The molecule has 26 heavy (non-hydrogen) atoms. The standard InChI is InChI=1S/C9H9PS2.C8H6ClPS2.2CH4/c1-10(8-2-4-11-6-8)9-3-5-12-7-9;9-10(7-1-3-11-5-7)8-2-4-12-6-8;;/h2-7H,1H3;1-6H;2*1H4. The van der Waals surface area contributed by atoms with Gasteiger partial charge < -0.3 is 0 Å². The first-order valence-electron chi connectivity index (χ1n) is 7.04. The van der Waals surface area contributed by atoms with E-state index in [-0.39, 0.29) is 22.8 Å². The molecule has 0 N–H and O–H groups in total. The van der Waals surface area contributed by atoms with Gasteiger partial charge in [-0.05, 0) is 92.5 Å². The van der Waals surface area contributed by atoms with E-state index in [0.717, 1.165) is 0 Å². The van der Waals surface area contributed by atoms with Gasteiger partial charge in [0.1, 0.15) is 0 Å². The predicted molar refractivity (Wildman–Crippen MR) is 135 cm³/mol. The Kier molecular flexibility index (Phi) is 11.5. The fraction of sp³-hybridized carbons (Fsp3) is 0.158. The lowest BCUT2D eigenvalue weighted by Crippen LogP contribution is -2.05. The van der Waals surface area contributed by atoms with Crippen molar-refractivity contribution in [3.05, 3.63) is 67.3 Å². The first kappa shape index (κ1) is 24.0. The van der Waals surface area contributed by atoms with Crippen molar-refractivity contribution in [3.8, 4) is 0 Å². The summed E-state index contributed by atoms with van der Waals surface area (Å²) in [5, 5.41) is 22.7. The van der Waals surface area contributed by atoms with Gasteiger partial charge in [-0.15, -0.1) is 0 Å².